The van der Waals surface area contributed by atoms with E-state index in [0.29, 0.717) is 0 Å². The van der Waals surface area contributed by atoms with Crippen molar-refractivity contribution in [2.75, 3.05) is 13.1 Å². The van der Waals surface area contributed by atoms with Gasteiger partial charge in [-0.05, 0) is 61.2 Å². The van der Waals surface area contributed by atoms with Gasteiger partial charge in [-0.2, -0.15) is 0 Å². The molecule has 1 aromatic heterocycles. The van der Waals surface area contributed by atoms with Crippen molar-refractivity contribution >= 4 is 0 Å². The number of tetrazole rings is 1. The number of aliphatic hydroxyl groups excluding tert-OH is 1. The monoisotopic (exact) mass is 347 g/mol. The summed E-state index contributed by atoms with van der Waals surface area (Å²) in [4.78, 5) is 2.27. The number of benzene rings is 1. The molecule has 3 rings (SSSR count). The van der Waals surface area contributed by atoms with Crippen molar-refractivity contribution in [3.8, 4) is 0 Å². The number of piperidine rings is 1. The molecule has 0 radical (unpaired) electrons. The number of nitrogens with zero attached hydrogens (tertiary/aromatic N) is 5. The highest BCUT2D eigenvalue weighted by atomic mass is 19.1. The molecular formula is C18H26FN5O. The number of halogens is 1. The first-order chi connectivity index (χ1) is 11.9. The Morgan fingerprint density at radius 2 is 1.88 bits per heavy atom. The first-order valence-electron chi connectivity index (χ1n) is 8.88. The maximum atomic E-state index is 13.4. The molecule has 0 bridgehead atoms. The number of aliphatic hydroxyl groups is 1. The Bertz CT molecular complexity index is 692. The average Bonchev–Trinajstić information content (AvgIpc) is 3.09. The second-order valence-electron chi connectivity index (χ2n) is 7.34. The molecule has 0 aliphatic carbocycles. The number of hydrogen-bond acceptors (Lipinski definition) is 5. The quantitative estimate of drug-likeness (QED) is 0.900. The van der Waals surface area contributed by atoms with Crippen LogP contribution in [0.25, 0.3) is 0 Å². The van der Waals surface area contributed by atoms with Crippen molar-refractivity contribution < 1.29 is 9.50 Å². The lowest BCUT2D eigenvalue weighted by atomic mass is 9.97. The molecule has 0 spiro atoms. The second kappa shape index (κ2) is 7.17. The summed E-state index contributed by atoms with van der Waals surface area (Å²) in [5, 5.41) is 22.3. The lowest BCUT2D eigenvalue weighted by molar-refractivity contribution is 0.0646. The van der Waals surface area contributed by atoms with E-state index < -0.39 is 0 Å². The Morgan fingerprint density at radius 3 is 2.48 bits per heavy atom. The third kappa shape index (κ3) is 3.72. The Balaban J connectivity index is 2.03. The predicted molar refractivity (Wildman–Crippen MR) is 92.5 cm³/mol. The molecule has 6 nitrogen and oxygen atoms in total. The first kappa shape index (κ1) is 17.9. The predicted octanol–water partition coefficient (Wildman–Crippen LogP) is 2.50. The van der Waals surface area contributed by atoms with E-state index in [-0.39, 0.29) is 23.5 Å². The van der Waals surface area contributed by atoms with Crippen LogP contribution in [0.5, 0.6) is 0 Å². The van der Waals surface area contributed by atoms with Gasteiger partial charge in [0, 0.05) is 13.1 Å². The molecule has 2 heterocycles. The number of rotatable bonds is 5. The molecule has 2 aromatic rings. The van der Waals surface area contributed by atoms with Gasteiger partial charge < -0.3 is 5.11 Å². The SMILES string of the molecule is CCC(C)(C)n1nnnc1C(c1ccc(F)cc1)N1CCC(O)CC1. The molecule has 25 heavy (non-hydrogen) atoms. The molecule has 136 valence electrons. The van der Waals surface area contributed by atoms with E-state index in [1.54, 1.807) is 12.1 Å². The van der Waals surface area contributed by atoms with E-state index in [2.05, 4.69) is 41.2 Å². The summed E-state index contributed by atoms with van der Waals surface area (Å²) in [6.07, 6.45) is 2.07. The van der Waals surface area contributed by atoms with Gasteiger partial charge in [0.2, 0.25) is 0 Å². The third-order valence-corrected chi connectivity index (χ3v) is 5.23. The summed E-state index contributed by atoms with van der Waals surface area (Å²) in [6, 6.07) is 6.38. The van der Waals surface area contributed by atoms with Gasteiger partial charge in [-0.15, -0.1) is 5.10 Å². The van der Waals surface area contributed by atoms with Gasteiger partial charge in [0.1, 0.15) is 5.82 Å². The highest BCUT2D eigenvalue weighted by molar-refractivity contribution is 5.26. The van der Waals surface area contributed by atoms with E-state index in [1.807, 2.05) is 4.68 Å². The van der Waals surface area contributed by atoms with Gasteiger partial charge in [-0.1, -0.05) is 19.1 Å². The zero-order chi connectivity index (χ0) is 18.0. The molecule has 1 aliphatic heterocycles. The normalized spacial score (nSPS) is 18.4. The van der Waals surface area contributed by atoms with Crippen molar-refractivity contribution in [1.29, 1.82) is 0 Å². The zero-order valence-corrected chi connectivity index (χ0v) is 15.1. The average molecular weight is 347 g/mol. The minimum absolute atomic E-state index is 0.158. The fraction of sp³-hybridized carbons (Fsp3) is 0.611. The number of aromatic nitrogens is 4. The van der Waals surface area contributed by atoms with Crippen molar-refractivity contribution in [3.05, 3.63) is 41.5 Å². The summed E-state index contributed by atoms with van der Waals surface area (Å²) in [6.45, 7) is 7.82. The van der Waals surface area contributed by atoms with Gasteiger partial charge in [0.25, 0.3) is 0 Å². The van der Waals surface area contributed by atoms with Crippen molar-refractivity contribution in [3.63, 3.8) is 0 Å². The molecule has 1 saturated heterocycles. The Labute approximate surface area is 147 Å². The fourth-order valence-corrected chi connectivity index (χ4v) is 3.26. The zero-order valence-electron chi connectivity index (χ0n) is 15.1. The Morgan fingerprint density at radius 1 is 1.24 bits per heavy atom. The summed E-state index contributed by atoms with van der Waals surface area (Å²) in [7, 11) is 0. The minimum atomic E-state index is -0.259. The molecule has 1 aromatic carbocycles. The van der Waals surface area contributed by atoms with Crippen LogP contribution in [-0.4, -0.2) is 49.4 Å². The summed E-state index contributed by atoms with van der Waals surface area (Å²) in [5.74, 6) is 0.500. The summed E-state index contributed by atoms with van der Waals surface area (Å²) in [5.41, 5.74) is 0.743. The summed E-state index contributed by atoms with van der Waals surface area (Å²) < 4.78 is 15.3. The van der Waals surface area contributed by atoms with Crippen LogP contribution >= 0.6 is 0 Å². The fourth-order valence-electron chi connectivity index (χ4n) is 3.26. The van der Waals surface area contributed by atoms with Gasteiger partial charge >= 0.3 is 0 Å². The van der Waals surface area contributed by atoms with Crippen LogP contribution in [0, 0.1) is 5.82 Å². The number of likely N-dealkylation sites (tertiary alicyclic amines) is 1. The van der Waals surface area contributed by atoms with Gasteiger partial charge in [0.05, 0.1) is 17.7 Å². The molecule has 7 heteroatoms. The van der Waals surface area contributed by atoms with Crippen molar-refractivity contribution in [2.24, 2.45) is 0 Å². The maximum absolute atomic E-state index is 13.4. The van der Waals surface area contributed by atoms with E-state index in [9.17, 15) is 9.50 Å². The maximum Gasteiger partial charge on any atom is 0.173 e. The molecule has 0 saturated carbocycles. The molecular weight excluding hydrogens is 321 g/mol. The molecule has 1 fully saturated rings. The van der Waals surface area contributed by atoms with Crippen LogP contribution in [-0.2, 0) is 5.54 Å². The van der Waals surface area contributed by atoms with Crippen LogP contribution in [0.1, 0.15) is 57.5 Å². The van der Waals surface area contributed by atoms with Crippen LogP contribution in [0.15, 0.2) is 24.3 Å². The van der Waals surface area contributed by atoms with Gasteiger partial charge in [-0.25, -0.2) is 9.07 Å². The Hall–Kier alpha value is -1.86. The molecule has 1 N–H and O–H groups in total. The lowest BCUT2D eigenvalue weighted by Crippen LogP contribution is -2.41. The molecule has 0 amide bonds. The summed E-state index contributed by atoms with van der Waals surface area (Å²) >= 11 is 0. The smallest absolute Gasteiger partial charge is 0.173 e. The van der Waals surface area contributed by atoms with Crippen LogP contribution in [0.4, 0.5) is 4.39 Å². The topological polar surface area (TPSA) is 67.1 Å². The minimum Gasteiger partial charge on any atom is -0.393 e. The third-order valence-electron chi connectivity index (χ3n) is 5.23. The van der Waals surface area contributed by atoms with E-state index in [4.69, 9.17) is 0 Å². The first-order valence-corrected chi connectivity index (χ1v) is 8.88. The van der Waals surface area contributed by atoms with Crippen LogP contribution in [0.3, 0.4) is 0 Å². The van der Waals surface area contributed by atoms with Crippen molar-refractivity contribution in [2.45, 2.75) is 57.7 Å². The Kier molecular flexibility index (Phi) is 5.15. The molecule has 1 atom stereocenters. The lowest BCUT2D eigenvalue weighted by Gasteiger charge is -2.37. The van der Waals surface area contributed by atoms with Gasteiger partial charge in [-0.3, -0.25) is 4.90 Å². The highest BCUT2D eigenvalue weighted by Gasteiger charge is 2.34. The standard InChI is InChI=1S/C18H26FN5O/c1-4-18(2,3)24-17(20-21-22-24)16(13-5-7-14(19)8-6-13)23-11-9-15(25)10-12-23/h5-8,15-16,25H,4,9-12H2,1-3H3. The van der Waals surface area contributed by atoms with Crippen molar-refractivity contribution in [1.82, 2.24) is 25.1 Å². The number of hydrogen-bond donors (Lipinski definition) is 1. The largest absolute Gasteiger partial charge is 0.393 e. The van der Waals surface area contributed by atoms with Crippen LogP contribution in [0.2, 0.25) is 0 Å². The highest BCUT2D eigenvalue weighted by Crippen LogP contribution is 2.32. The van der Waals surface area contributed by atoms with Crippen LogP contribution < -0.4 is 0 Å². The van der Waals surface area contributed by atoms with E-state index >= 15 is 0 Å². The molecule has 1 unspecified atom stereocenters. The van der Waals surface area contributed by atoms with Gasteiger partial charge in [0.15, 0.2) is 5.82 Å². The van der Waals surface area contributed by atoms with E-state index in [1.165, 1.54) is 12.1 Å². The van der Waals surface area contributed by atoms with E-state index in [0.717, 1.165) is 43.7 Å². The molecule has 1 aliphatic rings. The second-order valence-corrected chi connectivity index (χ2v) is 7.34.